The summed E-state index contributed by atoms with van der Waals surface area (Å²) in [4.78, 5) is 17.3. The molecule has 4 heterocycles. The lowest BCUT2D eigenvalue weighted by molar-refractivity contribution is 0.489. The van der Waals surface area contributed by atoms with Crippen molar-refractivity contribution in [2.45, 2.75) is 32.2 Å². The van der Waals surface area contributed by atoms with Gasteiger partial charge in [-0.15, -0.1) is 0 Å². The molecule has 1 fully saturated rings. The van der Waals surface area contributed by atoms with Crippen LogP contribution >= 0.6 is 0 Å². The molecule has 1 aliphatic rings. The van der Waals surface area contributed by atoms with Gasteiger partial charge in [-0.3, -0.25) is 10.1 Å². The van der Waals surface area contributed by atoms with E-state index in [2.05, 4.69) is 42.6 Å². The molecule has 0 radical (unpaired) electrons. The fourth-order valence-corrected chi connectivity index (χ4v) is 5.66. The standard InChI is InChI=1S/C31H28FN7/c32-26-10-4-3-8-23(26)24-9-5-11-27-28(24)37-31(36-27)29-25-13-22(18-35-30(25)39-38-29)21-12-20(16-34-17-21)15-33-14-19-6-1-2-7-19/h3-5,8-13,16-19,33H,1-2,6-7,14-15H2,(H,36,37)(H,35,38,39). The molecule has 6 aromatic rings. The predicted octanol–water partition coefficient (Wildman–Crippen LogP) is 6.65. The highest BCUT2D eigenvalue weighted by molar-refractivity contribution is 5.97. The van der Waals surface area contributed by atoms with Crippen molar-refractivity contribution in [2.75, 3.05) is 6.54 Å². The second-order valence-corrected chi connectivity index (χ2v) is 10.3. The van der Waals surface area contributed by atoms with Gasteiger partial charge in [0.05, 0.1) is 16.4 Å². The van der Waals surface area contributed by atoms with Gasteiger partial charge < -0.3 is 10.3 Å². The molecule has 7 nitrogen and oxygen atoms in total. The lowest BCUT2D eigenvalue weighted by Gasteiger charge is -2.11. The second-order valence-electron chi connectivity index (χ2n) is 10.3. The Morgan fingerprint density at radius 1 is 0.923 bits per heavy atom. The number of halogens is 1. The number of hydrogen-bond donors (Lipinski definition) is 3. The lowest BCUT2D eigenvalue weighted by Crippen LogP contribution is -2.20. The van der Waals surface area contributed by atoms with Crippen LogP contribution in [0.1, 0.15) is 31.2 Å². The Bertz CT molecular complexity index is 1780. The molecule has 7 rings (SSSR count). The van der Waals surface area contributed by atoms with Crippen LogP contribution in [0.3, 0.4) is 0 Å². The number of para-hydroxylation sites is 1. The van der Waals surface area contributed by atoms with Crippen LogP contribution in [-0.2, 0) is 6.54 Å². The molecule has 0 saturated heterocycles. The Hall–Kier alpha value is -4.43. The van der Waals surface area contributed by atoms with Crippen molar-refractivity contribution in [3.63, 3.8) is 0 Å². The third-order valence-corrected chi connectivity index (χ3v) is 7.68. The molecule has 194 valence electrons. The summed E-state index contributed by atoms with van der Waals surface area (Å²) in [5.74, 6) is 1.12. The molecule has 0 amide bonds. The molecule has 4 aromatic heterocycles. The molecule has 0 bridgehead atoms. The monoisotopic (exact) mass is 517 g/mol. The molecule has 8 heteroatoms. The summed E-state index contributed by atoms with van der Waals surface area (Å²) in [6.45, 7) is 1.86. The average Bonchev–Trinajstić information content (AvgIpc) is 3.73. The molecule has 0 spiro atoms. The van der Waals surface area contributed by atoms with Crippen molar-refractivity contribution in [1.82, 2.24) is 35.5 Å². The molecule has 1 aliphatic carbocycles. The first kappa shape index (κ1) is 23.7. The number of aromatic nitrogens is 6. The minimum absolute atomic E-state index is 0.279. The summed E-state index contributed by atoms with van der Waals surface area (Å²) in [6.07, 6.45) is 11.0. The number of imidazole rings is 1. The summed E-state index contributed by atoms with van der Waals surface area (Å²) in [5, 5.41) is 12.0. The summed E-state index contributed by atoms with van der Waals surface area (Å²) in [6, 6.07) is 16.7. The van der Waals surface area contributed by atoms with Crippen molar-refractivity contribution in [3.05, 3.63) is 84.6 Å². The molecule has 39 heavy (non-hydrogen) atoms. The molecular formula is C31H28FN7. The quantitative estimate of drug-likeness (QED) is 0.220. The van der Waals surface area contributed by atoms with Gasteiger partial charge in [0.15, 0.2) is 11.5 Å². The normalized spacial score (nSPS) is 14.1. The smallest absolute Gasteiger partial charge is 0.159 e. The lowest BCUT2D eigenvalue weighted by atomic mass is 10.0. The van der Waals surface area contributed by atoms with Crippen LogP contribution in [0.2, 0.25) is 0 Å². The SMILES string of the molecule is Fc1ccccc1-c1cccc2[nH]c(-c3n[nH]c4ncc(-c5cncc(CNCC6CCCC6)c5)cc34)nc12. The van der Waals surface area contributed by atoms with Gasteiger partial charge >= 0.3 is 0 Å². The number of hydrogen-bond acceptors (Lipinski definition) is 5. The van der Waals surface area contributed by atoms with Gasteiger partial charge in [-0.1, -0.05) is 43.2 Å². The van der Waals surface area contributed by atoms with Gasteiger partial charge in [0.1, 0.15) is 11.5 Å². The first-order chi connectivity index (χ1) is 19.2. The predicted molar refractivity (Wildman–Crippen MR) is 151 cm³/mol. The van der Waals surface area contributed by atoms with Gasteiger partial charge in [0, 0.05) is 47.4 Å². The third kappa shape index (κ3) is 4.57. The molecule has 2 aromatic carbocycles. The number of nitrogens with zero attached hydrogens (tertiary/aromatic N) is 4. The van der Waals surface area contributed by atoms with E-state index in [0.717, 1.165) is 52.2 Å². The van der Waals surface area contributed by atoms with E-state index in [1.807, 2.05) is 42.9 Å². The maximum Gasteiger partial charge on any atom is 0.159 e. The maximum absolute atomic E-state index is 14.6. The van der Waals surface area contributed by atoms with E-state index in [1.54, 1.807) is 12.1 Å². The van der Waals surface area contributed by atoms with E-state index in [4.69, 9.17) is 4.98 Å². The second kappa shape index (κ2) is 10.0. The van der Waals surface area contributed by atoms with Crippen LogP contribution in [0.15, 0.2) is 73.2 Å². The first-order valence-electron chi connectivity index (χ1n) is 13.5. The van der Waals surface area contributed by atoms with Crippen molar-refractivity contribution in [1.29, 1.82) is 0 Å². The van der Waals surface area contributed by atoms with Crippen LogP contribution in [0.5, 0.6) is 0 Å². The Kier molecular flexibility index (Phi) is 6.09. The van der Waals surface area contributed by atoms with E-state index in [9.17, 15) is 4.39 Å². The van der Waals surface area contributed by atoms with E-state index in [1.165, 1.54) is 31.7 Å². The van der Waals surface area contributed by atoms with Crippen molar-refractivity contribution in [3.8, 4) is 33.8 Å². The fourth-order valence-electron chi connectivity index (χ4n) is 5.66. The van der Waals surface area contributed by atoms with Crippen molar-refractivity contribution in [2.24, 2.45) is 5.92 Å². The van der Waals surface area contributed by atoms with E-state index >= 15 is 0 Å². The number of H-pyrrole nitrogens is 2. The first-order valence-corrected chi connectivity index (χ1v) is 13.5. The number of rotatable bonds is 7. The molecule has 0 unspecified atom stereocenters. The molecule has 1 saturated carbocycles. The zero-order chi connectivity index (χ0) is 26.2. The van der Waals surface area contributed by atoms with E-state index < -0.39 is 0 Å². The van der Waals surface area contributed by atoms with Gasteiger partial charge in [0.2, 0.25) is 0 Å². The van der Waals surface area contributed by atoms with Crippen LogP contribution < -0.4 is 5.32 Å². The number of benzene rings is 2. The van der Waals surface area contributed by atoms with E-state index in [-0.39, 0.29) is 5.82 Å². The van der Waals surface area contributed by atoms with Crippen molar-refractivity contribution < 1.29 is 4.39 Å². The summed E-state index contributed by atoms with van der Waals surface area (Å²) < 4.78 is 14.6. The number of fused-ring (bicyclic) bond motifs is 2. The maximum atomic E-state index is 14.6. The molecule has 0 atom stereocenters. The Morgan fingerprint density at radius 2 is 1.77 bits per heavy atom. The zero-order valence-corrected chi connectivity index (χ0v) is 21.4. The largest absolute Gasteiger partial charge is 0.337 e. The topological polar surface area (TPSA) is 95.2 Å². The van der Waals surface area contributed by atoms with Gasteiger partial charge in [-0.25, -0.2) is 14.4 Å². The highest BCUT2D eigenvalue weighted by Crippen LogP contribution is 2.33. The van der Waals surface area contributed by atoms with Gasteiger partial charge in [-0.2, -0.15) is 5.10 Å². The van der Waals surface area contributed by atoms with Crippen LogP contribution in [0.25, 0.3) is 55.8 Å². The Labute approximate surface area is 224 Å². The van der Waals surface area contributed by atoms with Gasteiger partial charge in [0.25, 0.3) is 0 Å². The van der Waals surface area contributed by atoms with Crippen LogP contribution in [-0.4, -0.2) is 36.7 Å². The number of pyridine rings is 2. The minimum atomic E-state index is -0.279. The average molecular weight is 518 g/mol. The summed E-state index contributed by atoms with van der Waals surface area (Å²) in [5.41, 5.74) is 7.20. The molecular weight excluding hydrogens is 489 g/mol. The summed E-state index contributed by atoms with van der Waals surface area (Å²) >= 11 is 0. The highest BCUT2D eigenvalue weighted by atomic mass is 19.1. The Balaban J connectivity index is 1.21. The van der Waals surface area contributed by atoms with Crippen LogP contribution in [0, 0.1) is 11.7 Å². The molecule has 0 aliphatic heterocycles. The number of aromatic amines is 2. The third-order valence-electron chi connectivity index (χ3n) is 7.68. The fraction of sp³-hybridized carbons (Fsp3) is 0.226. The summed E-state index contributed by atoms with van der Waals surface area (Å²) in [7, 11) is 0. The van der Waals surface area contributed by atoms with E-state index in [0.29, 0.717) is 28.2 Å². The van der Waals surface area contributed by atoms with Crippen LogP contribution in [0.4, 0.5) is 4.39 Å². The highest BCUT2D eigenvalue weighted by Gasteiger charge is 2.18. The Morgan fingerprint density at radius 3 is 2.67 bits per heavy atom. The zero-order valence-electron chi connectivity index (χ0n) is 21.4. The minimum Gasteiger partial charge on any atom is -0.337 e. The molecule has 3 N–H and O–H groups in total. The van der Waals surface area contributed by atoms with Gasteiger partial charge in [-0.05, 0) is 55.1 Å². The van der Waals surface area contributed by atoms with Crippen molar-refractivity contribution >= 4 is 22.1 Å². The number of nitrogens with one attached hydrogen (secondary N) is 3.